The minimum absolute atomic E-state index is 0.0541. The van der Waals surface area contributed by atoms with E-state index in [0.717, 1.165) is 0 Å². The van der Waals surface area contributed by atoms with E-state index >= 15 is 0 Å². The minimum atomic E-state index is -1.24. The monoisotopic (exact) mass is 162 g/mol. The van der Waals surface area contributed by atoms with Crippen molar-refractivity contribution in [3.05, 3.63) is 0 Å². The molecule has 1 aliphatic heterocycles. The van der Waals surface area contributed by atoms with E-state index in [-0.39, 0.29) is 6.42 Å². The summed E-state index contributed by atoms with van der Waals surface area (Å²) in [5, 5.41) is 27.9. The lowest BCUT2D eigenvalue weighted by Crippen LogP contribution is -2.54. The maximum Gasteiger partial charge on any atom is 0.157 e. The Labute approximate surface area is 65.4 Å². The van der Waals surface area contributed by atoms with Crippen molar-refractivity contribution < 1.29 is 20.1 Å². The molecule has 0 radical (unpaired) electrons. The molecule has 66 valence electrons. The third kappa shape index (κ3) is 1.70. The first-order valence-electron chi connectivity index (χ1n) is 3.67. The van der Waals surface area contributed by atoms with Gasteiger partial charge in [0.05, 0.1) is 11.7 Å². The fraction of sp³-hybridized carbons (Fsp3) is 1.00. The maximum atomic E-state index is 9.49. The highest BCUT2D eigenvalue weighted by Crippen LogP contribution is 2.27. The molecule has 4 heteroatoms. The summed E-state index contributed by atoms with van der Waals surface area (Å²) in [6.45, 7) is 3.10. The molecular weight excluding hydrogens is 148 g/mol. The number of hydrogen-bond donors (Lipinski definition) is 3. The van der Waals surface area contributed by atoms with Gasteiger partial charge in [0.15, 0.2) is 6.29 Å². The largest absolute Gasteiger partial charge is 0.387 e. The Balaban J connectivity index is 2.67. The number of aliphatic hydroxyl groups excluding tert-OH is 2. The number of hydrogen-bond acceptors (Lipinski definition) is 4. The van der Waals surface area contributed by atoms with Crippen LogP contribution >= 0.6 is 0 Å². The standard InChI is InChI=1S/C7H14O4/c1-4-6(9)7(2,10)3-5(8)11-4/h4-6,8-10H,3H2,1-2H3/t4-,5-,6-,7+/m1/s1. The van der Waals surface area contributed by atoms with Crippen LogP contribution in [0.3, 0.4) is 0 Å². The molecule has 3 N–H and O–H groups in total. The van der Waals surface area contributed by atoms with E-state index in [1.54, 1.807) is 6.92 Å². The third-order valence-corrected chi connectivity index (χ3v) is 2.04. The van der Waals surface area contributed by atoms with Crippen molar-refractivity contribution in [2.75, 3.05) is 0 Å². The lowest BCUT2D eigenvalue weighted by molar-refractivity contribution is -0.256. The van der Waals surface area contributed by atoms with E-state index in [0.29, 0.717) is 0 Å². The number of aliphatic hydroxyl groups is 3. The van der Waals surface area contributed by atoms with Gasteiger partial charge in [-0.1, -0.05) is 0 Å². The van der Waals surface area contributed by atoms with Gasteiger partial charge >= 0.3 is 0 Å². The van der Waals surface area contributed by atoms with E-state index in [1.165, 1.54) is 6.92 Å². The van der Waals surface area contributed by atoms with Crippen molar-refractivity contribution in [3.8, 4) is 0 Å². The molecule has 1 rings (SSSR count). The average molecular weight is 162 g/mol. The van der Waals surface area contributed by atoms with Crippen LogP contribution in [0.5, 0.6) is 0 Å². The maximum absolute atomic E-state index is 9.49. The summed E-state index contributed by atoms with van der Waals surface area (Å²) in [6, 6.07) is 0. The fourth-order valence-electron chi connectivity index (χ4n) is 1.35. The van der Waals surface area contributed by atoms with Gasteiger partial charge in [-0.2, -0.15) is 0 Å². The van der Waals surface area contributed by atoms with Crippen molar-refractivity contribution in [3.63, 3.8) is 0 Å². The van der Waals surface area contributed by atoms with Gasteiger partial charge in [0.1, 0.15) is 6.10 Å². The molecular formula is C7H14O4. The van der Waals surface area contributed by atoms with Gasteiger partial charge in [-0.15, -0.1) is 0 Å². The Morgan fingerprint density at radius 3 is 2.45 bits per heavy atom. The first-order chi connectivity index (χ1) is 4.93. The molecule has 0 aromatic carbocycles. The van der Waals surface area contributed by atoms with E-state index in [2.05, 4.69) is 0 Å². The van der Waals surface area contributed by atoms with Crippen molar-refractivity contribution in [2.45, 2.75) is 44.4 Å². The van der Waals surface area contributed by atoms with Crippen LogP contribution in [0.1, 0.15) is 20.3 Å². The van der Waals surface area contributed by atoms with Crippen molar-refractivity contribution in [2.24, 2.45) is 0 Å². The molecule has 0 spiro atoms. The van der Waals surface area contributed by atoms with Gasteiger partial charge < -0.3 is 20.1 Å². The van der Waals surface area contributed by atoms with Crippen LogP contribution in [0.4, 0.5) is 0 Å². The zero-order valence-electron chi connectivity index (χ0n) is 6.69. The summed E-state index contributed by atoms with van der Waals surface area (Å²) in [5.41, 5.74) is -1.24. The van der Waals surface area contributed by atoms with Gasteiger partial charge in [-0.3, -0.25) is 0 Å². The first kappa shape index (κ1) is 8.93. The van der Waals surface area contributed by atoms with Crippen molar-refractivity contribution in [1.29, 1.82) is 0 Å². The smallest absolute Gasteiger partial charge is 0.157 e. The van der Waals surface area contributed by atoms with Crippen LogP contribution in [-0.2, 0) is 4.74 Å². The molecule has 0 aromatic heterocycles. The molecule has 1 saturated heterocycles. The van der Waals surface area contributed by atoms with Gasteiger partial charge in [-0.05, 0) is 13.8 Å². The molecule has 1 heterocycles. The first-order valence-corrected chi connectivity index (χ1v) is 3.67. The SMILES string of the molecule is C[C@H]1O[C@@H](O)C[C@](C)(O)[C@@H]1O. The minimum Gasteiger partial charge on any atom is -0.387 e. The fourth-order valence-corrected chi connectivity index (χ4v) is 1.35. The lowest BCUT2D eigenvalue weighted by Gasteiger charge is -2.40. The predicted molar refractivity (Wildman–Crippen MR) is 37.8 cm³/mol. The lowest BCUT2D eigenvalue weighted by atomic mass is 9.89. The normalized spacial score (nSPS) is 52.6. The second-order valence-electron chi connectivity index (χ2n) is 3.30. The van der Waals surface area contributed by atoms with Gasteiger partial charge in [-0.25, -0.2) is 0 Å². The van der Waals surface area contributed by atoms with Crippen LogP contribution in [0.2, 0.25) is 0 Å². The van der Waals surface area contributed by atoms with Gasteiger partial charge in [0.2, 0.25) is 0 Å². The second kappa shape index (κ2) is 2.71. The van der Waals surface area contributed by atoms with Crippen molar-refractivity contribution in [1.82, 2.24) is 0 Å². The molecule has 1 fully saturated rings. The van der Waals surface area contributed by atoms with Crippen LogP contribution in [0.25, 0.3) is 0 Å². The Kier molecular flexibility index (Phi) is 2.20. The second-order valence-corrected chi connectivity index (χ2v) is 3.30. The molecule has 0 aliphatic carbocycles. The molecule has 0 unspecified atom stereocenters. The quantitative estimate of drug-likeness (QED) is 0.437. The summed E-state index contributed by atoms with van der Waals surface area (Å²) in [7, 11) is 0. The highest BCUT2D eigenvalue weighted by Gasteiger charge is 2.42. The zero-order chi connectivity index (χ0) is 8.65. The van der Waals surface area contributed by atoms with Crippen LogP contribution in [0.15, 0.2) is 0 Å². The summed E-state index contributed by atoms with van der Waals surface area (Å²) < 4.78 is 4.88. The predicted octanol–water partition coefficient (Wildman–Crippen LogP) is -0.775. The topological polar surface area (TPSA) is 69.9 Å². The molecule has 0 amide bonds. The number of ether oxygens (including phenoxy) is 1. The summed E-state index contributed by atoms with van der Waals surface area (Å²) in [5.74, 6) is 0. The van der Waals surface area contributed by atoms with E-state index in [1.807, 2.05) is 0 Å². The van der Waals surface area contributed by atoms with Gasteiger partial charge in [0, 0.05) is 6.42 Å². The molecule has 0 saturated carbocycles. The third-order valence-electron chi connectivity index (χ3n) is 2.04. The Hall–Kier alpha value is -0.160. The van der Waals surface area contributed by atoms with Crippen molar-refractivity contribution >= 4 is 0 Å². The summed E-state index contributed by atoms with van der Waals surface area (Å²) in [6.07, 6.45) is -2.36. The van der Waals surface area contributed by atoms with E-state index in [9.17, 15) is 10.2 Å². The highest BCUT2D eigenvalue weighted by molar-refractivity contribution is 4.90. The molecule has 1 aliphatic rings. The molecule has 4 nitrogen and oxygen atoms in total. The van der Waals surface area contributed by atoms with Crippen LogP contribution in [0, 0.1) is 0 Å². The molecule has 0 aromatic rings. The Morgan fingerprint density at radius 2 is 2.00 bits per heavy atom. The average Bonchev–Trinajstić information content (AvgIpc) is 1.81. The van der Waals surface area contributed by atoms with Crippen LogP contribution < -0.4 is 0 Å². The Morgan fingerprint density at radius 1 is 1.45 bits per heavy atom. The number of rotatable bonds is 0. The highest BCUT2D eigenvalue weighted by atomic mass is 16.6. The molecule has 11 heavy (non-hydrogen) atoms. The molecule has 0 bridgehead atoms. The molecule has 4 atom stereocenters. The Bertz CT molecular complexity index is 145. The van der Waals surface area contributed by atoms with Crippen LogP contribution in [-0.4, -0.2) is 39.4 Å². The van der Waals surface area contributed by atoms with Gasteiger partial charge in [0.25, 0.3) is 0 Å². The zero-order valence-corrected chi connectivity index (χ0v) is 6.69. The summed E-state index contributed by atoms with van der Waals surface area (Å²) >= 11 is 0. The summed E-state index contributed by atoms with van der Waals surface area (Å²) in [4.78, 5) is 0. The van der Waals surface area contributed by atoms with E-state index < -0.39 is 24.1 Å². The van der Waals surface area contributed by atoms with E-state index in [4.69, 9.17) is 9.84 Å².